The van der Waals surface area contributed by atoms with E-state index in [0.717, 1.165) is 25.8 Å². The highest BCUT2D eigenvalue weighted by Gasteiger charge is 2.27. The molecule has 0 radical (unpaired) electrons. The first kappa shape index (κ1) is 18.7. The third-order valence-electron chi connectivity index (χ3n) is 4.66. The molecule has 0 saturated carbocycles. The molecule has 0 fully saturated rings. The van der Waals surface area contributed by atoms with Crippen molar-refractivity contribution in [3.63, 3.8) is 0 Å². The fourth-order valence-corrected chi connectivity index (χ4v) is 3.59. The van der Waals surface area contributed by atoms with E-state index in [-0.39, 0.29) is 17.6 Å². The third-order valence-corrected chi connectivity index (χ3v) is 4.66. The Hall–Kier alpha value is -2.13. The minimum absolute atomic E-state index is 0.0934. The van der Waals surface area contributed by atoms with E-state index in [4.69, 9.17) is 4.74 Å². The lowest BCUT2D eigenvalue weighted by atomic mass is 10.1. The van der Waals surface area contributed by atoms with Crippen LogP contribution in [-0.2, 0) is 9.53 Å². The quantitative estimate of drug-likeness (QED) is 0.547. The van der Waals surface area contributed by atoms with Crippen LogP contribution in [0.25, 0.3) is 11.1 Å². The summed E-state index contributed by atoms with van der Waals surface area (Å²) in [5.41, 5.74) is 5.02. The van der Waals surface area contributed by atoms with Gasteiger partial charge in [0.25, 0.3) is 0 Å². The van der Waals surface area contributed by atoms with Crippen LogP contribution in [0.1, 0.15) is 63.6 Å². The van der Waals surface area contributed by atoms with Gasteiger partial charge in [-0.1, -0.05) is 55.0 Å². The highest BCUT2D eigenvalue weighted by molar-refractivity contribution is 5.78. The molecule has 1 aliphatic carbocycles. The van der Waals surface area contributed by atoms with Crippen molar-refractivity contribution in [2.45, 2.75) is 58.1 Å². The third kappa shape index (κ3) is 4.53. The summed E-state index contributed by atoms with van der Waals surface area (Å²) in [5.74, 6) is -0.0934. The summed E-state index contributed by atoms with van der Waals surface area (Å²) in [4.78, 5) is 11.7. The molecule has 0 spiro atoms. The van der Waals surface area contributed by atoms with Gasteiger partial charge in [-0.3, -0.25) is 4.79 Å². The maximum Gasteiger partial charge on any atom is 0.306 e. The molecule has 2 aromatic rings. The highest BCUT2D eigenvalue weighted by Crippen LogP contribution is 2.42. The van der Waals surface area contributed by atoms with Crippen LogP contribution in [0.15, 0.2) is 48.5 Å². The molecule has 0 heterocycles. The Morgan fingerprint density at radius 2 is 1.50 bits per heavy atom. The number of fused-ring (bicyclic) bond motifs is 3. The number of esters is 1. The van der Waals surface area contributed by atoms with Gasteiger partial charge in [-0.25, -0.2) is 0 Å². The summed E-state index contributed by atoms with van der Waals surface area (Å²) in [6.07, 6.45) is 3.48. The number of hydrogen-bond acceptors (Lipinski definition) is 3. The van der Waals surface area contributed by atoms with Gasteiger partial charge in [0.15, 0.2) is 0 Å². The number of rotatable bonds is 7. The van der Waals surface area contributed by atoms with E-state index < -0.39 is 0 Å². The second-order valence-corrected chi connectivity index (χ2v) is 7.96. The van der Waals surface area contributed by atoms with Gasteiger partial charge < -0.3 is 10.1 Å². The zero-order valence-electron chi connectivity index (χ0n) is 16.0. The maximum atomic E-state index is 11.7. The van der Waals surface area contributed by atoms with Crippen LogP contribution in [0.5, 0.6) is 0 Å². The SMILES string of the molecule is CC(C)(C)OC(=O)CCCCCNC1c2ccccc2-c2ccccc21. The fourth-order valence-electron chi connectivity index (χ4n) is 3.59. The van der Waals surface area contributed by atoms with Gasteiger partial charge >= 0.3 is 5.97 Å². The monoisotopic (exact) mass is 351 g/mol. The summed E-state index contributed by atoms with van der Waals surface area (Å²) in [7, 11) is 0. The summed E-state index contributed by atoms with van der Waals surface area (Å²) in [6, 6.07) is 17.6. The first-order chi connectivity index (χ1) is 12.5. The van der Waals surface area contributed by atoms with E-state index in [1.807, 2.05) is 20.8 Å². The topological polar surface area (TPSA) is 38.3 Å². The Balaban J connectivity index is 1.47. The fraction of sp³-hybridized carbons (Fsp3) is 0.435. The molecule has 0 saturated heterocycles. The number of carbonyl (C=O) groups is 1. The molecule has 26 heavy (non-hydrogen) atoms. The van der Waals surface area contributed by atoms with Gasteiger partial charge in [-0.15, -0.1) is 0 Å². The standard InChI is InChI=1S/C23H29NO2/c1-23(2,3)26-21(25)15-5-4-10-16-24-22-19-13-8-6-11-17(19)18-12-7-9-14-20(18)22/h6-9,11-14,22,24H,4-5,10,15-16H2,1-3H3. The molecule has 0 aliphatic heterocycles. The van der Waals surface area contributed by atoms with E-state index in [2.05, 4.69) is 53.8 Å². The van der Waals surface area contributed by atoms with E-state index in [9.17, 15) is 4.79 Å². The molecular weight excluding hydrogens is 322 g/mol. The number of nitrogens with one attached hydrogen (secondary N) is 1. The molecule has 3 heteroatoms. The van der Waals surface area contributed by atoms with E-state index in [1.165, 1.54) is 22.3 Å². The van der Waals surface area contributed by atoms with E-state index in [1.54, 1.807) is 0 Å². The Bertz CT molecular complexity index is 715. The Morgan fingerprint density at radius 1 is 0.923 bits per heavy atom. The molecule has 0 atom stereocenters. The van der Waals surface area contributed by atoms with Gasteiger partial charge in [-0.2, -0.15) is 0 Å². The number of carbonyl (C=O) groups excluding carboxylic acids is 1. The van der Waals surface area contributed by atoms with Crippen molar-refractivity contribution in [2.75, 3.05) is 6.54 Å². The van der Waals surface area contributed by atoms with Crippen molar-refractivity contribution in [3.8, 4) is 11.1 Å². The maximum absolute atomic E-state index is 11.7. The first-order valence-electron chi connectivity index (χ1n) is 9.59. The zero-order valence-corrected chi connectivity index (χ0v) is 16.0. The molecule has 0 unspecified atom stereocenters. The molecule has 3 rings (SSSR count). The van der Waals surface area contributed by atoms with Crippen LogP contribution in [0.4, 0.5) is 0 Å². The minimum Gasteiger partial charge on any atom is -0.460 e. The van der Waals surface area contributed by atoms with Crippen LogP contribution in [0.2, 0.25) is 0 Å². The van der Waals surface area contributed by atoms with Crippen LogP contribution < -0.4 is 5.32 Å². The number of unbranched alkanes of at least 4 members (excludes halogenated alkanes) is 2. The second kappa shape index (κ2) is 8.05. The van der Waals surface area contributed by atoms with Crippen LogP contribution in [0, 0.1) is 0 Å². The summed E-state index contributed by atoms with van der Waals surface area (Å²) in [5, 5.41) is 3.70. The average Bonchev–Trinajstić information content (AvgIpc) is 2.91. The number of ether oxygens (including phenoxy) is 1. The van der Waals surface area contributed by atoms with Crippen LogP contribution in [-0.4, -0.2) is 18.1 Å². The summed E-state index contributed by atoms with van der Waals surface area (Å²) >= 11 is 0. The van der Waals surface area contributed by atoms with E-state index >= 15 is 0 Å². The Kier molecular flexibility index (Phi) is 5.77. The van der Waals surface area contributed by atoms with Gasteiger partial charge in [0.1, 0.15) is 5.60 Å². The predicted molar refractivity (Wildman–Crippen MR) is 106 cm³/mol. The Labute approximate surface area is 156 Å². The van der Waals surface area contributed by atoms with Gasteiger partial charge in [0.2, 0.25) is 0 Å². The lowest BCUT2D eigenvalue weighted by Gasteiger charge is -2.19. The van der Waals surface area contributed by atoms with Gasteiger partial charge in [0.05, 0.1) is 6.04 Å². The predicted octanol–water partition coefficient (Wildman–Crippen LogP) is 5.25. The Morgan fingerprint density at radius 3 is 2.08 bits per heavy atom. The highest BCUT2D eigenvalue weighted by atomic mass is 16.6. The first-order valence-corrected chi connectivity index (χ1v) is 9.59. The molecule has 1 N–H and O–H groups in total. The molecule has 2 aromatic carbocycles. The molecule has 0 aromatic heterocycles. The molecule has 138 valence electrons. The van der Waals surface area contributed by atoms with Gasteiger partial charge in [0, 0.05) is 6.42 Å². The molecule has 0 bridgehead atoms. The summed E-state index contributed by atoms with van der Waals surface area (Å²) in [6.45, 7) is 6.67. The lowest BCUT2D eigenvalue weighted by Crippen LogP contribution is -2.24. The van der Waals surface area contributed by atoms with Crippen molar-refractivity contribution in [1.82, 2.24) is 5.32 Å². The molecule has 1 aliphatic rings. The molecule has 0 amide bonds. The van der Waals surface area contributed by atoms with Crippen molar-refractivity contribution < 1.29 is 9.53 Å². The lowest BCUT2D eigenvalue weighted by molar-refractivity contribution is -0.154. The average molecular weight is 351 g/mol. The van der Waals surface area contributed by atoms with Crippen LogP contribution in [0.3, 0.4) is 0 Å². The van der Waals surface area contributed by atoms with Crippen molar-refractivity contribution in [2.24, 2.45) is 0 Å². The van der Waals surface area contributed by atoms with Crippen LogP contribution >= 0.6 is 0 Å². The molecule has 3 nitrogen and oxygen atoms in total. The van der Waals surface area contributed by atoms with Crippen molar-refractivity contribution in [3.05, 3.63) is 59.7 Å². The molecular formula is C23H29NO2. The normalized spacial score (nSPS) is 13.3. The van der Waals surface area contributed by atoms with E-state index in [0.29, 0.717) is 6.42 Å². The number of benzene rings is 2. The smallest absolute Gasteiger partial charge is 0.306 e. The zero-order chi connectivity index (χ0) is 18.6. The number of hydrogen-bond donors (Lipinski definition) is 1. The van der Waals surface area contributed by atoms with Crippen molar-refractivity contribution >= 4 is 5.97 Å². The minimum atomic E-state index is -0.387. The largest absolute Gasteiger partial charge is 0.460 e. The summed E-state index contributed by atoms with van der Waals surface area (Å²) < 4.78 is 5.35. The van der Waals surface area contributed by atoms with Crippen molar-refractivity contribution in [1.29, 1.82) is 0 Å². The van der Waals surface area contributed by atoms with Gasteiger partial charge in [-0.05, 0) is 62.4 Å². The second-order valence-electron chi connectivity index (χ2n) is 7.96.